The largest absolute Gasteiger partial charge is 0.284 e. The molecule has 0 aliphatic heterocycles. The van der Waals surface area contributed by atoms with E-state index in [4.69, 9.17) is 0 Å². The van der Waals surface area contributed by atoms with Crippen molar-refractivity contribution in [1.29, 1.82) is 0 Å². The zero-order valence-corrected chi connectivity index (χ0v) is 9.82. The average Bonchev–Trinajstić information content (AvgIpc) is 2.54. The second-order valence-electron chi connectivity index (χ2n) is 2.98. The molecule has 1 aromatic heterocycles. The van der Waals surface area contributed by atoms with Crippen molar-refractivity contribution < 1.29 is 4.92 Å². The maximum Gasteiger partial charge on any atom is 0.284 e. The third kappa shape index (κ3) is 1.82. The van der Waals surface area contributed by atoms with Crippen LogP contribution in [0.15, 0.2) is 17.0 Å². The molecule has 6 heteroatoms. The fourth-order valence-electron chi connectivity index (χ4n) is 1.37. The maximum atomic E-state index is 10.8. The molecule has 2 aromatic rings. The first-order valence-electron chi connectivity index (χ1n) is 4.21. The van der Waals surface area contributed by atoms with Crippen molar-refractivity contribution in [2.75, 3.05) is 6.26 Å². The van der Waals surface area contributed by atoms with Crippen LogP contribution in [0.25, 0.3) is 10.2 Å². The maximum absolute atomic E-state index is 10.8. The lowest BCUT2D eigenvalue weighted by Gasteiger charge is -1.98. The highest BCUT2D eigenvalue weighted by Gasteiger charge is 2.15. The van der Waals surface area contributed by atoms with E-state index in [2.05, 4.69) is 4.98 Å². The van der Waals surface area contributed by atoms with Crippen LogP contribution in [-0.4, -0.2) is 16.2 Å². The number of rotatable bonds is 2. The summed E-state index contributed by atoms with van der Waals surface area (Å²) in [7, 11) is 0. The SMILES string of the molecule is CSc1cc2nc(C)sc2cc1[N+](=O)[O-]. The van der Waals surface area contributed by atoms with Crippen LogP contribution >= 0.6 is 23.1 Å². The van der Waals surface area contributed by atoms with Gasteiger partial charge in [0.05, 0.1) is 25.0 Å². The summed E-state index contributed by atoms with van der Waals surface area (Å²) < 4.78 is 0.872. The van der Waals surface area contributed by atoms with Crippen LogP contribution in [-0.2, 0) is 0 Å². The number of aromatic nitrogens is 1. The van der Waals surface area contributed by atoms with E-state index in [1.807, 2.05) is 13.2 Å². The predicted molar refractivity (Wildman–Crippen MR) is 62.8 cm³/mol. The second-order valence-corrected chi connectivity index (χ2v) is 5.06. The van der Waals surface area contributed by atoms with Crippen LogP contribution in [0.1, 0.15) is 5.01 Å². The van der Waals surface area contributed by atoms with E-state index in [9.17, 15) is 10.1 Å². The Morgan fingerprint density at radius 1 is 1.53 bits per heavy atom. The summed E-state index contributed by atoms with van der Waals surface area (Å²) >= 11 is 2.85. The summed E-state index contributed by atoms with van der Waals surface area (Å²) in [5.74, 6) is 0. The Morgan fingerprint density at radius 2 is 2.27 bits per heavy atom. The molecule has 1 aromatic carbocycles. The van der Waals surface area contributed by atoms with Crippen LogP contribution in [0, 0.1) is 17.0 Å². The van der Waals surface area contributed by atoms with Gasteiger partial charge in [0.15, 0.2) is 0 Å². The fourth-order valence-corrected chi connectivity index (χ4v) is 2.78. The smallest absolute Gasteiger partial charge is 0.258 e. The molecular formula is C9H8N2O2S2. The average molecular weight is 240 g/mol. The molecule has 0 fully saturated rings. The monoisotopic (exact) mass is 240 g/mol. The highest BCUT2D eigenvalue weighted by Crippen LogP contribution is 2.34. The van der Waals surface area contributed by atoms with E-state index in [0.717, 1.165) is 15.2 Å². The molecule has 0 bridgehead atoms. The van der Waals surface area contributed by atoms with Gasteiger partial charge in [-0.1, -0.05) is 0 Å². The van der Waals surface area contributed by atoms with E-state index >= 15 is 0 Å². The van der Waals surface area contributed by atoms with Crippen molar-refractivity contribution in [1.82, 2.24) is 4.98 Å². The summed E-state index contributed by atoms with van der Waals surface area (Å²) in [5.41, 5.74) is 1.01. The van der Waals surface area contributed by atoms with Gasteiger partial charge in [-0.05, 0) is 19.2 Å². The van der Waals surface area contributed by atoms with E-state index in [0.29, 0.717) is 4.90 Å². The van der Waals surface area contributed by atoms with Crippen molar-refractivity contribution in [3.05, 3.63) is 27.3 Å². The molecule has 1 heterocycles. The number of fused-ring (bicyclic) bond motifs is 1. The number of thiazole rings is 1. The zero-order chi connectivity index (χ0) is 11.0. The molecular weight excluding hydrogens is 232 g/mol. The lowest BCUT2D eigenvalue weighted by atomic mass is 10.3. The minimum absolute atomic E-state index is 0.165. The van der Waals surface area contributed by atoms with E-state index < -0.39 is 0 Å². The van der Waals surface area contributed by atoms with Gasteiger partial charge < -0.3 is 0 Å². The zero-order valence-electron chi connectivity index (χ0n) is 8.18. The van der Waals surface area contributed by atoms with Gasteiger partial charge in [0, 0.05) is 6.07 Å². The topological polar surface area (TPSA) is 56.0 Å². The highest BCUT2D eigenvalue weighted by molar-refractivity contribution is 7.98. The van der Waals surface area contributed by atoms with Crippen LogP contribution < -0.4 is 0 Å². The van der Waals surface area contributed by atoms with Crippen LogP contribution in [0.2, 0.25) is 0 Å². The van der Waals surface area contributed by atoms with Gasteiger partial charge in [0.1, 0.15) is 0 Å². The molecule has 15 heavy (non-hydrogen) atoms. The van der Waals surface area contributed by atoms with Crippen LogP contribution in [0.4, 0.5) is 5.69 Å². The number of thioether (sulfide) groups is 1. The van der Waals surface area contributed by atoms with E-state index in [-0.39, 0.29) is 10.6 Å². The molecule has 0 amide bonds. The summed E-state index contributed by atoms with van der Waals surface area (Å²) in [6, 6.07) is 3.38. The predicted octanol–water partition coefficient (Wildman–Crippen LogP) is 3.23. The Hall–Kier alpha value is -1.14. The molecule has 0 radical (unpaired) electrons. The quantitative estimate of drug-likeness (QED) is 0.459. The van der Waals surface area contributed by atoms with Gasteiger partial charge in [-0.2, -0.15) is 0 Å². The molecule has 0 N–H and O–H groups in total. The third-order valence-corrected chi connectivity index (χ3v) is 3.69. The van der Waals surface area contributed by atoms with Gasteiger partial charge in [-0.15, -0.1) is 23.1 Å². The first-order chi connectivity index (χ1) is 7.11. The first-order valence-corrected chi connectivity index (χ1v) is 6.25. The number of hydrogen-bond acceptors (Lipinski definition) is 5. The molecule has 0 saturated heterocycles. The lowest BCUT2D eigenvalue weighted by Crippen LogP contribution is -1.90. The standard InChI is InChI=1S/C9H8N2O2S2/c1-5-10-6-3-9(14-2)7(11(12)13)4-8(6)15-5/h3-4H,1-2H3. The van der Waals surface area contributed by atoms with Gasteiger partial charge in [-0.25, -0.2) is 4.98 Å². The second kappa shape index (κ2) is 3.79. The Bertz CT molecular complexity index is 536. The van der Waals surface area contributed by atoms with Crippen molar-refractivity contribution in [3.8, 4) is 0 Å². The summed E-state index contributed by atoms with van der Waals surface area (Å²) in [6.45, 7) is 1.90. The third-order valence-electron chi connectivity index (χ3n) is 1.99. The molecule has 0 unspecified atom stereocenters. The number of hydrogen-bond donors (Lipinski definition) is 0. The van der Waals surface area contributed by atoms with Crippen molar-refractivity contribution >= 4 is 39.0 Å². The van der Waals surface area contributed by atoms with Crippen molar-refractivity contribution in [3.63, 3.8) is 0 Å². The Morgan fingerprint density at radius 3 is 2.87 bits per heavy atom. The van der Waals surface area contributed by atoms with E-state index in [1.54, 1.807) is 12.1 Å². The number of benzene rings is 1. The molecule has 0 spiro atoms. The molecule has 4 nitrogen and oxygen atoms in total. The molecule has 0 saturated carbocycles. The summed E-state index contributed by atoms with van der Waals surface area (Å²) in [4.78, 5) is 15.4. The normalized spacial score (nSPS) is 10.8. The molecule has 0 atom stereocenters. The number of nitro groups is 1. The highest BCUT2D eigenvalue weighted by atomic mass is 32.2. The number of aryl methyl sites for hydroxylation is 1. The van der Waals surface area contributed by atoms with Crippen molar-refractivity contribution in [2.24, 2.45) is 0 Å². The minimum atomic E-state index is -0.347. The molecule has 78 valence electrons. The summed E-state index contributed by atoms with van der Waals surface area (Å²) in [5, 5.41) is 11.7. The number of nitro benzene ring substituents is 1. The minimum Gasteiger partial charge on any atom is -0.258 e. The van der Waals surface area contributed by atoms with Gasteiger partial charge in [-0.3, -0.25) is 10.1 Å². The Balaban J connectivity index is 2.73. The molecule has 2 rings (SSSR count). The van der Waals surface area contributed by atoms with Crippen LogP contribution in [0.5, 0.6) is 0 Å². The first kappa shape index (κ1) is 10.4. The van der Waals surface area contributed by atoms with Crippen LogP contribution in [0.3, 0.4) is 0 Å². The van der Waals surface area contributed by atoms with Gasteiger partial charge >= 0.3 is 0 Å². The lowest BCUT2D eigenvalue weighted by molar-refractivity contribution is -0.387. The van der Waals surface area contributed by atoms with E-state index in [1.165, 1.54) is 23.1 Å². The Labute approximate surface area is 94.5 Å². The molecule has 0 aliphatic carbocycles. The summed E-state index contributed by atoms with van der Waals surface area (Å²) in [6.07, 6.45) is 1.83. The van der Waals surface area contributed by atoms with Gasteiger partial charge in [0.2, 0.25) is 0 Å². The Kier molecular flexibility index (Phi) is 2.62. The van der Waals surface area contributed by atoms with Crippen molar-refractivity contribution in [2.45, 2.75) is 11.8 Å². The number of nitrogens with zero attached hydrogens (tertiary/aromatic N) is 2. The molecule has 0 aliphatic rings. The van der Waals surface area contributed by atoms with Gasteiger partial charge in [0.25, 0.3) is 5.69 Å². The fraction of sp³-hybridized carbons (Fsp3) is 0.222.